The van der Waals surface area contributed by atoms with Crippen LogP contribution < -0.4 is 5.32 Å². The highest BCUT2D eigenvalue weighted by molar-refractivity contribution is 6.34. The van der Waals surface area contributed by atoms with Gasteiger partial charge < -0.3 is 5.32 Å². The minimum Gasteiger partial charge on any atom is -0.365 e. The van der Waals surface area contributed by atoms with Crippen LogP contribution in [0.15, 0.2) is 30.5 Å². The minimum atomic E-state index is 0.644. The quantitative estimate of drug-likeness (QED) is 0.912. The van der Waals surface area contributed by atoms with Crippen molar-refractivity contribution in [2.45, 2.75) is 6.54 Å². The number of nitrogens with one attached hydrogen (secondary N) is 1. The Balaban J connectivity index is 2.04. The third-order valence-corrected chi connectivity index (χ3v) is 2.55. The van der Waals surface area contributed by atoms with E-state index in [9.17, 15) is 0 Å². The van der Waals surface area contributed by atoms with E-state index in [-0.39, 0.29) is 0 Å². The second-order valence-corrected chi connectivity index (χ2v) is 4.38. The van der Waals surface area contributed by atoms with Gasteiger partial charge in [0.05, 0.1) is 0 Å². The van der Waals surface area contributed by atoms with Crippen molar-refractivity contribution in [2.24, 2.45) is 7.05 Å². The lowest BCUT2D eigenvalue weighted by atomic mass is 10.2. The Morgan fingerprint density at radius 2 is 1.94 bits per heavy atom. The van der Waals surface area contributed by atoms with E-state index in [2.05, 4.69) is 10.4 Å². The molecule has 0 fully saturated rings. The van der Waals surface area contributed by atoms with Gasteiger partial charge in [0.2, 0.25) is 0 Å². The van der Waals surface area contributed by atoms with E-state index in [4.69, 9.17) is 23.2 Å². The first-order chi connectivity index (χ1) is 7.63. The summed E-state index contributed by atoms with van der Waals surface area (Å²) >= 11 is 11.8. The molecule has 0 unspecified atom stereocenters. The number of benzene rings is 1. The van der Waals surface area contributed by atoms with Crippen molar-refractivity contribution < 1.29 is 0 Å². The number of rotatable bonds is 3. The van der Waals surface area contributed by atoms with Gasteiger partial charge in [-0.15, -0.1) is 0 Å². The highest BCUT2D eigenvalue weighted by atomic mass is 35.5. The first-order valence-electron chi connectivity index (χ1n) is 4.82. The van der Waals surface area contributed by atoms with Crippen LogP contribution in [-0.4, -0.2) is 9.78 Å². The second kappa shape index (κ2) is 4.76. The standard InChI is InChI=1S/C11H11Cl2N3/c1-16-3-2-11(15-16)14-7-8-4-9(12)6-10(13)5-8/h2-6H,7H2,1H3,(H,14,15). The predicted octanol–water partition coefficient (Wildman–Crippen LogP) is 3.34. The predicted molar refractivity (Wildman–Crippen MR) is 67.0 cm³/mol. The van der Waals surface area contributed by atoms with Crippen molar-refractivity contribution in [3.63, 3.8) is 0 Å². The van der Waals surface area contributed by atoms with Gasteiger partial charge in [0, 0.05) is 35.9 Å². The van der Waals surface area contributed by atoms with E-state index in [1.807, 2.05) is 31.4 Å². The van der Waals surface area contributed by atoms with Gasteiger partial charge in [0.25, 0.3) is 0 Å². The van der Waals surface area contributed by atoms with Gasteiger partial charge >= 0.3 is 0 Å². The number of aryl methyl sites for hydroxylation is 1. The molecule has 0 aliphatic carbocycles. The van der Waals surface area contributed by atoms with Crippen molar-refractivity contribution in [3.05, 3.63) is 46.1 Å². The van der Waals surface area contributed by atoms with E-state index in [1.165, 1.54) is 0 Å². The van der Waals surface area contributed by atoms with E-state index in [0.717, 1.165) is 11.4 Å². The fraction of sp³-hybridized carbons (Fsp3) is 0.182. The number of hydrogen-bond donors (Lipinski definition) is 1. The molecule has 0 saturated carbocycles. The largest absolute Gasteiger partial charge is 0.365 e. The molecule has 0 atom stereocenters. The van der Waals surface area contributed by atoms with E-state index in [1.54, 1.807) is 10.7 Å². The Morgan fingerprint density at radius 3 is 2.50 bits per heavy atom. The summed E-state index contributed by atoms with van der Waals surface area (Å²) in [5.74, 6) is 0.832. The lowest BCUT2D eigenvalue weighted by molar-refractivity contribution is 0.768. The third-order valence-electron chi connectivity index (χ3n) is 2.11. The molecule has 0 amide bonds. The summed E-state index contributed by atoms with van der Waals surface area (Å²) in [6.45, 7) is 0.650. The van der Waals surface area contributed by atoms with Crippen molar-refractivity contribution in [1.82, 2.24) is 9.78 Å². The molecule has 0 aliphatic rings. The topological polar surface area (TPSA) is 29.9 Å². The van der Waals surface area contributed by atoms with E-state index in [0.29, 0.717) is 16.6 Å². The van der Waals surface area contributed by atoms with Crippen molar-refractivity contribution in [3.8, 4) is 0 Å². The summed E-state index contributed by atoms with van der Waals surface area (Å²) in [5.41, 5.74) is 1.03. The number of hydrogen-bond acceptors (Lipinski definition) is 2. The molecule has 0 radical (unpaired) electrons. The maximum Gasteiger partial charge on any atom is 0.148 e. The molecular formula is C11H11Cl2N3. The third kappa shape index (κ3) is 2.90. The Hall–Kier alpha value is -1.19. The Morgan fingerprint density at radius 1 is 1.25 bits per heavy atom. The summed E-state index contributed by atoms with van der Waals surface area (Å²) in [7, 11) is 1.88. The highest BCUT2D eigenvalue weighted by Gasteiger charge is 2.00. The monoisotopic (exact) mass is 255 g/mol. The minimum absolute atomic E-state index is 0.644. The zero-order valence-corrected chi connectivity index (χ0v) is 10.3. The van der Waals surface area contributed by atoms with Crippen LogP contribution in [0.25, 0.3) is 0 Å². The highest BCUT2D eigenvalue weighted by Crippen LogP contribution is 2.19. The van der Waals surface area contributed by atoms with Gasteiger partial charge in [-0.3, -0.25) is 4.68 Å². The molecule has 0 saturated heterocycles. The fourth-order valence-corrected chi connectivity index (χ4v) is 1.99. The molecule has 2 aromatic rings. The van der Waals surface area contributed by atoms with Gasteiger partial charge in [0.15, 0.2) is 0 Å². The molecule has 3 nitrogen and oxygen atoms in total. The molecule has 5 heteroatoms. The van der Waals surface area contributed by atoms with Crippen LogP contribution in [0.4, 0.5) is 5.82 Å². The molecule has 1 N–H and O–H groups in total. The Labute approximate surface area is 104 Å². The zero-order chi connectivity index (χ0) is 11.5. The van der Waals surface area contributed by atoms with Crippen LogP contribution >= 0.6 is 23.2 Å². The van der Waals surface area contributed by atoms with Crippen LogP contribution in [0.3, 0.4) is 0 Å². The summed E-state index contributed by atoms with van der Waals surface area (Å²) < 4.78 is 1.74. The van der Waals surface area contributed by atoms with Crippen molar-refractivity contribution in [2.75, 3.05) is 5.32 Å². The Kier molecular flexibility index (Phi) is 3.36. The normalized spacial score (nSPS) is 10.4. The molecule has 1 aromatic heterocycles. The van der Waals surface area contributed by atoms with Crippen molar-refractivity contribution in [1.29, 1.82) is 0 Å². The first-order valence-corrected chi connectivity index (χ1v) is 5.57. The average Bonchev–Trinajstić information content (AvgIpc) is 2.60. The SMILES string of the molecule is Cn1ccc(NCc2cc(Cl)cc(Cl)c2)n1. The van der Waals surface area contributed by atoms with Crippen molar-refractivity contribution >= 4 is 29.0 Å². The van der Waals surface area contributed by atoms with E-state index < -0.39 is 0 Å². The van der Waals surface area contributed by atoms with Crippen LogP contribution in [0, 0.1) is 0 Å². The van der Waals surface area contributed by atoms with Crippen LogP contribution in [0.5, 0.6) is 0 Å². The molecule has 84 valence electrons. The summed E-state index contributed by atoms with van der Waals surface area (Å²) in [6.07, 6.45) is 1.88. The fourth-order valence-electron chi connectivity index (χ4n) is 1.41. The maximum absolute atomic E-state index is 5.90. The number of nitrogens with zero attached hydrogens (tertiary/aromatic N) is 2. The molecule has 0 bridgehead atoms. The zero-order valence-electron chi connectivity index (χ0n) is 8.74. The summed E-state index contributed by atoms with van der Waals surface area (Å²) in [5, 5.41) is 8.68. The van der Waals surface area contributed by atoms with Gasteiger partial charge in [-0.25, -0.2) is 0 Å². The van der Waals surface area contributed by atoms with Gasteiger partial charge in [0.1, 0.15) is 5.82 Å². The van der Waals surface area contributed by atoms with Crippen LogP contribution in [-0.2, 0) is 13.6 Å². The first kappa shape index (κ1) is 11.3. The number of halogens is 2. The lowest BCUT2D eigenvalue weighted by Crippen LogP contribution is -2.00. The number of aromatic nitrogens is 2. The average molecular weight is 256 g/mol. The van der Waals surface area contributed by atoms with Gasteiger partial charge in [-0.1, -0.05) is 23.2 Å². The molecule has 0 spiro atoms. The van der Waals surface area contributed by atoms with Gasteiger partial charge in [-0.05, 0) is 23.8 Å². The Bertz CT molecular complexity index is 473. The lowest BCUT2D eigenvalue weighted by Gasteiger charge is -2.04. The molecule has 1 heterocycles. The van der Waals surface area contributed by atoms with E-state index >= 15 is 0 Å². The van der Waals surface area contributed by atoms with Gasteiger partial charge in [-0.2, -0.15) is 5.10 Å². The molecule has 16 heavy (non-hydrogen) atoms. The second-order valence-electron chi connectivity index (χ2n) is 3.51. The van der Waals surface area contributed by atoms with Crippen LogP contribution in [0.1, 0.15) is 5.56 Å². The maximum atomic E-state index is 5.90. The van der Waals surface area contributed by atoms with Crippen LogP contribution in [0.2, 0.25) is 10.0 Å². The molecule has 1 aromatic carbocycles. The molecule has 0 aliphatic heterocycles. The summed E-state index contributed by atoms with van der Waals surface area (Å²) in [4.78, 5) is 0. The smallest absolute Gasteiger partial charge is 0.148 e. The number of anilines is 1. The summed E-state index contributed by atoms with van der Waals surface area (Å²) in [6, 6.07) is 7.38. The molecule has 2 rings (SSSR count). The molecular weight excluding hydrogens is 245 g/mol.